The normalized spacial score (nSPS) is 15.0. The van der Waals surface area contributed by atoms with Crippen molar-refractivity contribution in [2.24, 2.45) is 0 Å². The maximum absolute atomic E-state index is 12.9. The van der Waals surface area contributed by atoms with Gasteiger partial charge in [0.25, 0.3) is 5.91 Å². The molecule has 1 amide bonds. The molecule has 1 saturated carbocycles. The molecule has 0 spiro atoms. The zero-order valence-corrected chi connectivity index (χ0v) is 19.3. The molecule has 4 rings (SSSR count). The highest BCUT2D eigenvalue weighted by atomic mass is 35.5. The van der Waals surface area contributed by atoms with E-state index >= 15 is 0 Å². The molecule has 31 heavy (non-hydrogen) atoms. The lowest BCUT2D eigenvalue weighted by Gasteiger charge is -2.18. The number of halogens is 1. The largest absolute Gasteiger partial charge is 0.345 e. The summed E-state index contributed by atoms with van der Waals surface area (Å²) >= 11 is 6.39. The first kappa shape index (κ1) is 21.7. The first-order valence-corrected chi connectivity index (χ1v) is 12.5. The summed E-state index contributed by atoms with van der Waals surface area (Å²) in [6, 6.07) is 15.2. The molecule has 5 nitrogen and oxygen atoms in total. The second-order valence-corrected chi connectivity index (χ2v) is 10.5. The van der Waals surface area contributed by atoms with Crippen LogP contribution in [0.5, 0.6) is 0 Å². The first-order valence-electron chi connectivity index (χ1n) is 10.2. The van der Waals surface area contributed by atoms with E-state index in [1.54, 1.807) is 19.1 Å². The van der Waals surface area contributed by atoms with Crippen LogP contribution in [0.15, 0.2) is 48.5 Å². The van der Waals surface area contributed by atoms with Crippen LogP contribution in [0.4, 0.5) is 5.69 Å². The molecule has 7 heteroatoms. The van der Waals surface area contributed by atoms with Crippen LogP contribution in [0, 0.1) is 6.92 Å². The highest BCUT2D eigenvalue weighted by Gasteiger charge is 2.23. The van der Waals surface area contributed by atoms with Crippen molar-refractivity contribution in [3.63, 3.8) is 0 Å². The third kappa shape index (κ3) is 5.02. The van der Waals surface area contributed by atoms with Gasteiger partial charge in [0.1, 0.15) is 0 Å². The van der Waals surface area contributed by atoms with Gasteiger partial charge >= 0.3 is 0 Å². The second kappa shape index (κ2) is 8.17. The SMILES string of the molecule is Cc1cc([C@@H](C)NC(=O)c2ccc3cc(C4CC4)ccc3c2)c(Cl)cc1NS(C)(=O)=O. The second-order valence-electron chi connectivity index (χ2n) is 8.35. The molecule has 0 bridgehead atoms. The number of anilines is 1. The quantitative estimate of drug-likeness (QED) is 0.511. The van der Waals surface area contributed by atoms with Crippen LogP contribution in [-0.2, 0) is 10.0 Å². The minimum Gasteiger partial charge on any atom is -0.345 e. The van der Waals surface area contributed by atoms with Crippen LogP contribution in [0.25, 0.3) is 10.8 Å². The van der Waals surface area contributed by atoms with E-state index < -0.39 is 10.0 Å². The van der Waals surface area contributed by atoms with E-state index in [1.807, 2.05) is 25.1 Å². The van der Waals surface area contributed by atoms with Crippen molar-refractivity contribution >= 4 is 44.0 Å². The third-order valence-corrected chi connectivity index (χ3v) is 6.55. The van der Waals surface area contributed by atoms with Crippen molar-refractivity contribution < 1.29 is 13.2 Å². The number of fused-ring (bicyclic) bond motifs is 1. The monoisotopic (exact) mass is 456 g/mol. The molecule has 0 aliphatic heterocycles. The molecular formula is C24H25ClN2O3S. The van der Waals surface area contributed by atoms with Crippen LogP contribution >= 0.6 is 11.6 Å². The van der Waals surface area contributed by atoms with E-state index in [2.05, 4.69) is 28.2 Å². The fourth-order valence-corrected chi connectivity index (χ4v) is 4.73. The number of hydrogen-bond acceptors (Lipinski definition) is 3. The van der Waals surface area contributed by atoms with E-state index in [1.165, 1.54) is 18.4 Å². The van der Waals surface area contributed by atoms with Crippen molar-refractivity contribution in [1.82, 2.24) is 5.32 Å². The summed E-state index contributed by atoms with van der Waals surface area (Å²) in [5.41, 5.74) is 3.83. The Labute approximate surface area is 187 Å². The van der Waals surface area contributed by atoms with Crippen LogP contribution < -0.4 is 10.0 Å². The van der Waals surface area contributed by atoms with Gasteiger partial charge in [0.2, 0.25) is 10.0 Å². The van der Waals surface area contributed by atoms with Crippen LogP contribution in [0.1, 0.15) is 58.8 Å². The van der Waals surface area contributed by atoms with Gasteiger partial charge in [0.05, 0.1) is 18.0 Å². The number of hydrogen-bond donors (Lipinski definition) is 2. The topological polar surface area (TPSA) is 75.3 Å². The van der Waals surface area contributed by atoms with Crippen LogP contribution in [0.2, 0.25) is 5.02 Å². The Bertz CT molecular complexity index is 1280. The van der Waals surface area contributed by atoms with E-state index in [-0.39, 0.29) is 11.9 Å². The van der Waals surface area contributed by atoms with Gasteiger partial charge in [0.15, 0.2) is 0 Å². The number of rotatable bonds is 6. The maximum atomic E-state index is 12.9. The molecule has 0 heterocycles. The summed E-state index contributed by atoms with van der Waals surface area (Å²) in [5.74, 6) is 0.508. The average molecular weight is 457 g/mol. The number of amides is 1. The van der Waals surface area contributed by atoms with Crippen molar-refractivity contribution in [2.75, 3.05) is 11.0 Å². The molecule has 162 valence electrons. The number of benzene rings is 3. The first-order chi connectivity index (χ1) is 14.6. The summed E-state index contributed by atoms with van der Waals surface area (Å²) in [6.45, 7) is 3.65. The van der Waals surface area contributed by atoms with Crippen LogP contribution in [0.3, 0.4) is 0 Å². The van der Waals surface area contributed by atoms with Gasteiger partial charge in [-0.1, -0.05) is 41.9 Å². The highest BCUT2D eigenvalue weighted by Crippen LogP contribution is 2.41. The lowest BCUT2D eigenvalue weighted by molar-refractivity contribution is 0.0940. The molecule has 3 aromatic rings. The standard InChI is InChI=1S/C24H25ClN2O3S/c1-14-10-21(22(25)13-23(14)27-31(3,29)30)15(2)26-24(28)20-9-8-18-11-17(16-4-5-16)6-7-19(18)12-20/h6-13,15-16,27H,4-5H2,1-3H3,(H,26,28)/t15-/m1/s1. The molecule has 1 aliphatic rings. The van der Waals surface area contributed by atoms with Gasteiger partial charge in [0, 0.05) is 10.6 Å². The van der Waals surface area contributed by atoms with Gasteiger partial charge in [-0.05, 0) is 78.3 Å². The number of sulfonamides is 1. The Morgan fingerprint density at radius 1 is 1.06 bits per heavy atom. The molecule has 3 aromatic carbocycles. The summed E-state index contributed by atoms with van der Waals surface area (Å²) < 4.78 is 25.5. The fourth-order valence-electron chi connectivity index (χ4n) is 3.78. The van der Waals surface area contributed by atoms with Gasteiger partial charge in [-0.25, -0.2) is 8.42 Å². The number of aryl methyl sites for hydroxylation is 1. The molecule has 1 fully saturated rings. The lowest BCUT2D eigenvalue weighted by atomic mass is 10.0. The highest BCUT2D eigenvalue weighted by molar-refractivity contribution is 7.92. The maximum Gasteiger partial charge on any atom is 0.251 e. The number of nitrogens with one attached hydrogen (secondary N) is 2. The fraction of sp³-hybridized carbons (Fsp3) is 0.292. The van der Waals surface area contributed by atoms with Crippen molar-refractivity contribution in [1.29, 1.82) is 0 Å². The minimum atomic E-state index is -3.41. The minimum absolute atomic E-state index is 0.187. The Morgan fingerprint density at radius 2 is 1.74 bits per heavy atom. The molecule has 1 atom stereocenters. The number of carbonyl (C=O) groups is 1. The summed E-state index contributed by atoms with van der Waals surface area (Å²) in [6.07, 6.45) is 3.61. The Hall–Kier alpha value is -2.57. The van der Waals surface area contributed by atoms with Gasteiger partial charge < -0.3 is 5.32 Å². The molecular weight excluding hydrogens is 432 g/mol. The predicted molar refractivity (Wildman–Crippen MR) is 126 cm³/mol. The summed E-state index contributed by atoms with van der Waals surface area (Å²) in [7, 11) is -3.41. The predicted octanol–water partition coefficient (Wildman–Crippen LogP) is 5.54. The average Bonchev–Trinajstić information content (AvgIpc) is 3.53. The van der Waals surface area contributed by atoms with E-state index in [0.29, 0.717) is 22.2 Å². The smallest absolute Gasteiger partial charge is 0.251 e. The summed E-state index contributed by atoms with van der Waals surface area (Å²) in [5, 5.41) is 5.55. The number of carbonyl (C=O) groups excluding carboxylic acids is 1. The Kier molecular flexibility index (Phi) is 5.71. The molecule has 0 aromatic heterocycles. The van der Waals surface area contributed by atoms with Crippen molar-refractivity contribution in [3.05, 3.63) is 75.8 Å². The third-order valence-electron chi connectivity index (χ3n) is 5.63. The zero-order valence-electron chi connectivity index (χ0n) is 17.7. The van der Waals surface area contributed by atoms with Crippen LogP contribution in [-0.4, -0.2) is 20.6 Å². The van der Waals surface area contributed by atoms with E-state index in [0.717, 1.165) is 28.2 Å². The van der Waals surface area contributed by atoms with E-state index in [4.69, 9.17) is 11.6 Å². The van der Waals surface area contributed by atoms with Crippen molar-refractivity contribution in [2.45, 2.75) is 38.6 Å². The zero-order chi connectivity index (χ0) is 22.3. The van der Waals surface area contributed by atoms with Crippen molar-refractivity contribution in [3.8, 4) is 0 Å². The molecule has 0 unspecified atom stereocenters. The molecule has 2 N–H and O–H groups in total. The molecule has 0 radical (unpaired) electrons. The van der Waals surface area contributed by atoms with E-state index in [9.17, 15) is 13.2 Å². The molecule has 1 aliphatic carbocycles. The molecule has 0 saturated heterocycles. The Balaban J connectivity index is 1.52. The summed E-state index contributed by atoms with van der Waals surface area (Å²) in [4.78, 5) is 12.9. The Morgan fingerprint density at radius 3 is 2.42 bits per heavy atom. The van der Waals surface area contributed by atoms with Gasteiger partial charge in [-0.2, -0.15) is 0 Å². The lowest BCUT2D eigenvalue weighted by Crippen LogP contribution is -2.27. The van der Waals surface area contributed by atoms with Gasteiger partial charge in [-0.3, -0.25) is 9.52 Å². The van der Waals surface area contributed by atoms with Gasteiger partial charge in [-0.15, -0.1) is 0 Å².